The maximum atomic E-state index is 13.0. The van der Waals surface area contributed by atoms with Crippen molar-refractivity contribution in [1.82, 2.24) is 20.9 Å². The number of aromatic amines is 1. The van der Waals surface area contributed by atoms with Crippen molar-refractivity contribution in [2.24, 2.45) is 27.9 Å². The molecule has 0 fully saturated rings. The molecular formula is C26H41N9O6. The molecular weight excluding hydrogens is 534 g/mol. The number of unbranched alkanes of at least 4 members (excludes halogenated alkanes) is 1. The molecule has 3 amide bonds. The fraction of sp³-hybridized carbons (Fsp3) is 0.500. The van der Waals surface area contributed by atoms with E-state index in [4.69, 9.17) is 22.9 Å². The van der Waals surface area contributed by atoms with Crippen LogP contribution in [0.4, 0.5) is 0 Å². The number of rotatable bonds is 18. The van der Waals surface area contributed by atoms with Crippen LogP contribution < -0.4 is 38.9 Å². The number of nitrogens with zero attached hydrogens (tertiary/aromatic N) is 1. The van der Waals surface area contributed by atoms with Gasteiger partial charge in [0.15, 0.2) is 5.96 Å². The van der Waals surface area contributed by atoms with E-state index in [1.165, 1.54) is 0 Å². The Labute approximate surface area is 237 Å². The van der Waals surface area contributed by atoms with Crippen LogP contribution in [0.25, 0.3) is 10.9 Å². The molecule has 0 aliphatic heterocycles. The largest absolute Gasteiger partial charge is 0.480 e. The first-order valence-electron chi connectivity index (χ1n) is 13.4. The minimum atomic E-state index is -1.39. The van der Waals surface area contributed by atoms with Crippen molar-refractivity contribution in [2.75, 3.05) is 19.7 Å². The van der Waals surface area contributed by atoms with Gasteiger partial charge >= 0.3 is 5.97 Å². The maximum absolute atomic E-state index is 13.0. The smallest absolute Gasteiger partial charge is 0.326 e. The molecule has 15 nitrogen and oxygen atoms in total. The monoisotopic (exact) mass is 575 g/mol. The number of amides is 3. The molecule has 41 heavy (non-hydrogen) atoms. The van der Waals surface area contributed by atoms with E-state index >= 15 is 0 Å². The van der Waals surface area contributed by atoms with Crippen molar-refractivity contribution < 1.29 is 29.4 Å². The van der Waals surface area contributed by atoms with E-state index in [2.05, 4.69) is 25.9 Å². The van der Waals surface area contributed by atoms with Gasteiger partial charge in [0.25, 0.3) is 0 Å². The van der Waals surface area contributed by atoms with E-state index in [9.17, 15) is 29.4 Å². The molecule has 4 unspecified atom stereocenters. The number of nitrogens with one attached hydrogen (secondary N) is 4. The number of H-pyrrole nitrogens is 1. The number of carboxylic acid groups (broad SMARTS) is 1. The number of aliphatic imine (C=N–C) groups is 1. The Morgan fingerprint density at radius 3 is 2.20 bits per heavy atom. The molecule has 4 atom stereocenters. The van der Waals surface area contributed by atoms with Gasteiger partial charge < -0.3 is 54.1 Å². The number of aliphatic hydroxyl groups is 1. The Hall–Kier alpha value is -4.21. The zero-order valence-electron chi connectivity index (χ0n) is 22.8. The molecule has 1 heterocycles. The zero-order valence-corrected chi connectivity index (χ0v) is 22.8. The second-order valence-electron chi connectivity index (χ2n) is 9.61. The molecule has 0 saturated carbocycles. The van der Waals surface area contributed by atoms with Gasteiger partial charge in [-0.15, -0.1) is 0 Å². The summed E-state index contributed by atoms with van der Waals surface area (Å²) in [6, 6.07) is 2.72. The molecule has 15 heteroatoms. The fourth-order valence-electron chi connectivity index (χ4n) is 4.17. The van der Waals surface area contributed by atoms with Gasteiger partial charge in [-0.05, 0) is 56.7 Å². The standard InChI is InChI=1S/C26H41N9O6/c27-10-4-3-8-19(23(38)34-20(25(40)41)9-5-11-31-26(29)30)33-24(39)21(14-36)35-22(37)17(28)12-15-13-32-18-7-2-1-6-16(15)18/h1-2,6-7,13,17,19-21,32,36H,3-5,8-12,14,27-28H2,(H,33,39)(H,34,38)(H,35,37)(H,40,41)(H4,29,30,31). The normalized spacial score (nSPS) is 13.9. The molecule has 0 aliphatic carbocycles. The van der Waals surface area contributed by atoms with Crippen LogP contribution in [0.3, 0.4) is 0 Å². The van der Waals surface area contributed by atoms with Crippen LogP contribution >= 0.6 is 0 Å². The van der Waals surface area contributed by atoms with Gasteiger partial charge in [0.1, 0.15) is 18.1 Å². The highest BCUT2D eigenvalue weighted by molar-refractivity contribution is 5.94. The van der Waals surface area contributed by atoms with Crippen molar-refractivity contribution in [3.63, 3.8) is 0 Å². The number of nitrogens with two attached hydrogens (primary N) is 4. The zero-order chi connectivity index (χ0) is 30.4. The molecule has 2 aromatic rings. The maximum Gasteiger partial charge on any atom is 0.326 e. The highest BCUT2D eigenvalue weighted by Gasteiger charge is 2.30. The van der Waals surface area contributed by atoms with Gasteiger partial charge in [0.2, 0.25) is 17.7 Å². The lowest BCUT2D eigenvalue weighted by atomic mass is 10.0. The van der Waals surface area contributed by atoms with E-state index in [1.807, 2.05) is 24.3 Å². The molecule has 1 aromatic heterocycles. The van der Waals surface area contributed by atoms with Crippen LogP contribution in [-0.4, -0.2) is 88.7 Å². The number of para-hydroxylation sites is 1. The fourth-order valence-corrected chi connectivity index (χ4v) is 4.17. The number of aromatic nitrogens is 1. The van der Waals surface area contributed by atoms with E-state index in [0.29, 0.717) is 19.4 Å². The second-order valence-corrected chi connectivity index (χ2v) is 9.61. The Balaban J connectivity index is 2.02. The summed E-state index contributed by atoms with van der Waals surface area (Å²) in [6.07, 6.45) is 3.44. The summed E-state index contributed by atoms with van der Waals surface area (Å²) in [5.74, 6) is -3.62. The average molecular weight is 576 g/mol. The third-order valence-corrected chi connectivity index (χ3v) is 6.41. The van der Waals surface area contributed by atoms with Gasteiger partial charge in [-0.25, -0.2) is 4.79 Å². The lowest BCUT2D eigenvalue weighted by Crippen LogP contribution is -2.58. The predicted octanol–water partition coefficient (Wildman–Crippen LogP) is -2.25. The van der Waals surface area contributed by atoms with Crippen LogP contribution in [0.5, 0.6) is 0 Å². The van der Waals surface area contributed by atoms with E-state index in [1.54, 1.807) is 6.20 Å². The lowest BCUT2D eigenvalue weighted by molar-refractivity contribution is -0.142. The van der Waals surface area contributed by atoms with Crippen LogP contribution in [0, 0.1) is 0 Å². The molecule has 0 spiro atoms. The van der Waals surface area contributed by atoms with E-state index in [-0.39, 0.29) is 38.2 Å². The van der Waals surface area contributed by atoms with Gasteiger partial charge in [0.05, 0.1) is 12.6 Å². The highest BCUT2D eigenvalue weighted by Crippen LogP contribution is 2.18. The third kappa shape index (κ3) is 10.7. The highest BCUT2D eigenvalue weighted by atomic mass is 16.4. The summed E-state index contributed by atoms with van der Waals surface area (Å²) in [5.41, 5.74) is 23.9. The topological polar surface area (TPSA) is 277 Å². The number of carboxylic acids is 1. The average Bonchev–Trinajstić information content (AvgIpc) is 3.34. The first-order chi connectivity index (χ1) is 19.6. The van der Waals surface area contributed by atoms with Crippen molar-refractivity contribution in [2.45, 2.75) is 62.7 Å². The Kier molecular flexibility index (Phi) is 13.5. The minimum Gasteiger partial charge on any atom is -0.480 e. The van der Waals surface area contributed by atoms with Gasteiger partial charge in [-0.3, -0.25) is 19.4 Å². The number of benzene rings is 1. The van der Waals surface area contributed by atoms with Crippen molar-refractivity contribution in [3.8, 4) is 0 Å². The molecule has 14 N–H and O–H groups in total. The Bertz CT molecular complexity index is 1200. The lowest BCUT2D eigenvalue weighted by Gasteiger charge is -2.24. The number of aliphatic carboxylic acids is 1. The Morgan fingerprint density at radius 2 is 1.54 bits per heavy atom. The summed E-state index contributed by atoms with van der Waals surface area (Å²) in [5, 5.41) is 27.6. The number of carbonyl (C=O) groups excluding carboxylic acids is 3. The first-order valence-corrected chi connectivity index (χ1v) is 13.4. The van der Waals surface area contributed by atoms with E-state index < -0.39 is 54.5 Å². The predicted molar refractivity (Wildman–Crippen MR) is 153 cm³/mol. The Morgan fingerprint density at radius 1 is 0.902 bits per heavy atom. The number of guanidine groups is 1. The number of hydrogen-bond acceptors (Lipinski definition) is 8. The SMILES string of the molecule is NCCCCC(NC(=O)C(CO)NC(=O)C(N)Cc1c[nH]c2ccccc12)C(=O)NC(CCCN=C(N)N)C(=O)O. The van der Waals surface area contributed by atoms with Crippen molar-refractivity contribution >= 4 is 40.6 Å². The molecule has 0 aliphatic rings. The third-order valence-electron chi connectivity index (χ3n) is 6.41. The molecule has 0 saturated heterocycles. The molecule has 0 bridgehead atoms. The van der Waals surface area contributed by atoms with Gasteiger partial charge in [0, 0.05) is 23.6 Å². The quantitative estimate of drug-likeness (QED) is 0.0518. The van der Waals surface area contributed by atoms with Crippen LogP contribution in [0.15, 0.2) is 35.5 Å². The molecule has 2 rings (SSSR count). The number of aliphatic hydroxyl groups excluding tert-OH is 1. The van der Waals surface area contributed by atoms with Crippen molar-refractivity contribution in [1.29, 1.82) is 0 Å². The van der Waals surface area contributed by atoms with E-state index in [0.717, 1.165) is 16.5 Å². The van der Waals surface area contributed by atoms with Crippen LogP contribution in [-0.2, 0) is 25.6 Å². The minimum absolute atomic E-state index is 0.0466. The summed E-state index contributed by atoms with van der Waals surface area (Å²) in [6.45, 7) is -0.218. The van der Waals surface area contributed by atoms with Crippen molar-refractivity contribution in [3.05, 3.63) is 36.0 Å². The van der Waals surface area contributed by atoms with Gasteiger partial charge in [-0.1, -0.05) is 18.2 Å². The second kappa shape index (κ2) is 16.8. The molecule has 226 valence electrons. The van der Waals surface area contributed by atoms with Crippen LogP contribution in [0.1, 0.15) is 37.7 Å². The summed E-state index contributed by atoms with van der Waals surface area (Å²) in [7, 11) is 0. The molecule has 1 aromatic carbocycles. The molecule has 0 radical (unpaired) electrons. The number of carbonyl (C=O) groups is 4. The summed E-state index contributed by atoms with van der Waals surface area (Å²) >= 11 is 0. The van der Waals surface area contributed by atoms with Crippen LogP contribution in [0.2, 0.25) is 0 Å². The van der Waals surface area contributed by atoms with Gasteiger partial charge in [-0.2, -0.15) is 0 Å². The first kappa shape index (κ1) is 33.0. The summed E-state index contributed by atoms with van der Waals surface area (Å²) < 4.78 is 0. The number of fused-ring (bicyclic) bond motifs is 1. The summed E-state index contributed by atoms with van der Waals surface area (Å²) in [4.78, 5) is 57.3. The number of hydrogen-bond donors (Lipinski definition) is 10.